The third-order valence-electron chi connectivity index (χ3n) is 3.74. The molecule has 4 aromatic rings. The molecule has 0 aliphatic heterocycles. The van der Waals surface area contributed by atoms with Crippen molar-refractivity contribution in [2.75, 3.05) is 0 Å². The van der Waals surface area contributed by atoms with Crippen LogP contribution < -0.4 is 0 Å². The van der Waals surface area contributed by atoms with E-state index in [-0.39, 0.29) is 5.75 Å². The first-order valence-electron chi connectivity index (χ1n) is 6.35. The number of benzene rings is 4. The lowest BCUT2D eigenvalue weighted by Gasteiger charge is -2.07. The molecule has 0 unspecified atom stereocenters. The van der Waals surface area contributed by atoms with Crippen LogP contribution >= 0.6 is 0 Å². The minimum Gasteiger partial charge on any atom is -0.289 e. The summed E-state index contributed by atoms with van der Waals surface area (Å²) < 4.78 is 0. The van der Waals surface area contributed by atoms with Crippen molar-refractivity contribution in [3.63, 3.8) is 0 Å². The van der Waals surface area contributed by atoms with E-state index in [0.717, 1.165) is 16.2 Å². The molecule has 1 heteroatoms. The first-order chi connectivity index (χ1) is 9.34. The van der Waals surface area contributed by atoms with Gasteiger partial charge in [-0.2, -0.15) is 0 Å². The van der Waals surface area contributed by atoms with Gasteiger partial charge in [0, 0.05) is 5.39 Å². The summed E-state index contributed by atoms with van der Waals surface area (Å²) in [6, 6.07) is 22.0. The molecule has 0 heterocycles. The van der Waals surface area contributed by atoms with Gasteiger partial charge in [-0.3, -0.25) is 5.11 Å². The minimum absolute atomic E-state index is 0.0903. The van der Waals surface area contributed by atoms with Crippen LogP contribution in [0.15, 0.2) is 66.7 Å². The van der Waals surface area contributed by atoms with Crippen LogP contribution in [0.3, 0.4) is 0 Å². The Bertz CT molecular complexity index is 922. The van der Waals surface area contributed by atoms with Crippen LogP contribution in [0.1, 0.15) is 0 Å². The van der Waals surface area contributed by atoms with E-state index in [4.69, 9.17) is 0 Å². The molecule has 4 aromatic carbocycles. The van der Waals surface area contributed by atoms with Crippen LogP contribution in [-0.4, -0.2) is 0 Å². The van der Waals surface area contributed by atoms with Crippen molar-refractivity contribution in [2.24, 2.45) is 0 Å². The van der Waals surface area contributed by atoms with Gasteiger partial charge in [0.2, 0.25) is 0 Å². The van der Waals surface area contributed by atoms with Crippen molar-refractivity contribution in [1.82, 2.24) is 0 Å². The number of hydrogen-bond donors (Lipinski definition) is 0. The van der Waals surface area contributed by atoms with Gasteiger partial charge in [0.25, 0.3) is 0 Å². The fourth-order valence-corrected chi connectivity index (χ4v) is 2.83. The molecule has 0 aromatic heterocycles. The number of fused-ring (bicyclic) bond motifs is 5. The van der Waals surface area contributed by atoms with Gasteiger partial charge in [-0.15, -0.1) is 0 Å². The molecule has 0 aliphatic rings. The molecule has 0 N–H and O–H groups in total. The maximum Gasteiger partial charge on any atom is 0.186 e. The van der Waals surface area contributed by atoms with E-state index in [9.17, 15) is 5.11 Å². The highest BCUT2D eigenvalue weighted by molar-refractivity contribution is 6.17. The predicted molar refractivity (Wildman–Crippen MR) is 79.1 cm³/mol. The molecule has 1 radical (unpaired) electrons. The fraction of sp³-hybridized carbons (Fsp3) is 0. The molecule has 0 fully saturated rings. The second-order valence-electron chi connectivity index (χ2n) is 4.80. The lowest BCUT2D eigenvalue weighted by Crippen LogP contribution is -1.80. The van der Waals surface area contributed by atoms with E-state index in [1.165, 1.54) is 16.2 Å². The van der Waals surface area contributed by atoms with Crippen molar-refractivity contribution in [1.29, 1.82) is 0 Å². The molecule has 0 bridgehead atoms. The molecule has 1 nitrogen and oxygen atoms in total. The Morgan fingerprint density at radius 3 is 2.05 bits per heavy atom. The highest BCUT2D eigenvalue weighted by Gasteiger charge is 2.06. The third kappa shape index (κ3) is 1.42. The maximum absolute atomic E-state index is 11.9. The van der Waals surface area contributed by atoms with Gasteiger partial charge in [-0.1, -0.05) is 54.6 Å². The van der Waals surface area contributed by atoms with Crippen LogP contribution in [0.2, 0.25) is 0 Å². The van der Waals surface area contributed by atoms with E-state index < -0.39 is 0 Å². The van der Waals surface area contributed by atoms with E-state index >= 15 is 0 Å². The van der Waals surface area contributed by atoms with Crippen LogP contribution in [0.5, 0.6) is 5.75 Å². The molecule has 19 heavy (non-hydrogen) atoms. The highest BCUT2D eigenvalue weighted by Crippen LogP contribution is 2.34. The SMILES string of the molecule is [O]c1cccc2c1ccc1c3ccccc3ccc21. The second-order valence-corrected chi connectivity index (χ2v) is 4.80. The quantitative estimate of drug-likeness (QED) is 0.374. The van der Waals surface area contributed by atoms with Gasteiger partial charge in [0.1, 0.15) is 0 Å². The van der Waals surface area contributed by atoms with Crippen molar-refractivity contribution >= 4 is 32.3 Å². The van der Waals surface area contributed by atoms with Gasteiger partial charge in [0.15, 0.2) is 5.75 Å². The largest absolute Gasteiger partial charge is 0.289 e. The van der Waals surface area contributed by atoms with Crippen molar-refractivity contribution < 1.29 is 5.11 Å². The van der Waals surface area contributed by atoms with Crippen LogP contribution in [-0.2, 0) is 5.11 Å². The Labute approximate surface area is 110 Å². The zero-order chi connectivity index (χ0) is 12.8. The first kappa shape index (κ1) is 10.4. The number of hydrogen-bond acceptors (Lipinski definition) is 0. The summed E-state index contributed by atoms with van der Waals surface area (Å²) in [7, 11) is 0. The smallest absolute Gasteiger partial charge is 0.186 e. The van der Waals surface area contributed by atoms with E-state index in [1.807, 2.05) is 24.3 Å². The van der Waals surface area contributed by atoms with E-state index in [0.29, 0.717) is 0 Å². The molecule has 0 spiro atoms. The Kier molecular flexibility index (Phi) is 2.04. The molecule has 0 saturated carbocycles. The normalized spacial score (nSPS) is 11.4. The molecule has 0 saturated heterocycles. The first-order valence-corrected chi connectivity index (χ1v) is 6.35. The number of rotatable bonds is 0. The summed E-state index contributed by atoms with van der Waals surface area (Å²) in [5.41, 5.74) is 0. The molecule has 0 aliphatic carbocycles. The average Bonchev–Trinajstić information content (AvgIpc) is 2.47. The molecule has 89 valence electrons. The second kappa shape index (κ2) is 3.72. The third-order valence-corrected chi connectivity index (χ3v) is 3.74. The van der Waals surface area contributed by atoms with Crippen molar-refractivity contribution in [3.8, 4) is 5.75 Å². The van der Waals surface area contributed by atoms with Crippen LogP contribution in [0, 0.1) is 0 Å². The summed E-state index contributed by atoms with van der Waals surface area (Å²) in [6.45, 7) is 0. The van der Waals surface area contributed by atoms with E-state index in [1.54, 1.807) is 6.07 Å². The summed E-state index contributed by atoms with van der Waals surface area (Å²) in [4.78, 5) is 0. The van der Waals surface area contributed by atoms with Crippen molar-refractivity contribution in [3.05, 3.63) is 66.7 Å². The summed E-state index contributed by atoms with van der Waals surface area (Å²) >= 11 is 0. The molecular weight excluding hydrogens is 232 g/mol. The highest BCUT2D eigenvalue weighted by atomic mass is 16.3. The molecule has 0 atom stereocenters. The molecular formula is C18H11O. The monoisotopic (exact) mass is 243 g/mol. The van der Waals surface area contributed by atoms with Gasteiger partial charge in [-0.25, -0.2) is 0 Å². The average molecular weight is 243 g/mol. The minimum atomic E-state index is 0.0903. The standard InChI is InChI=1S/C18H11O/c19-18-7-3-6-14-16-9-8-12-4-1-2-5-13(12)15(16)10-11-17(14)18/h1-11H. The van der Waals surface area contributed by atoms with Gasteiger partial charge < -0.3 is 0 Å². The fourth-order valence-electron chi connectivity index (χ4n) is 2.83. The topological polar surface area (TPSA) is 19.9 Å². The predicted octanol–water partition coefficient (Wildman–Crippen LogP) is 5.29. The lowest BCUT2D eigenvalue weighted by molar-refractivity contribution is 0.360. The van der Waals surface area contributed by atoms with Crippen LogP contribution in [0.25, 0.3) is 32.3 Å². The molecule has 0 amide bonds. The Morgan fingerprint density at radius 1 is 0.474 bits per heavy atom. The Morgan fingerprint density at radius 2 is 1.11 bits per heavy atom. The molecule has 4 rings (SSSR count). The van der Waals surface area contributed by atoms with Gasteiger partial charge >= 0.3 is 0 Å². The van der Waals surface area contributed by atoms with Gasteiger partial charge in [0.05, 0.1) is 0 Å². The summed E-state index contributed by atoms with van der Waals surface area (Å²) in [6.07, 6.45) is 0. The Hall–Kier alpha value is -2.54. The van der Waals surface area contributed by atoms with E-state index in [2.05, 4.69) is 36.4 Å². The zero-order valence-corrected chi connectivity index (χ0v) is 10.3. The maximum atomic E-state index is 11.9. The van der Waals surface area contributed by atoms with Crippen molar-refractivity contribution in [2.45, 2.75) is 0 Å². The summed E-state index contributed by atoms with van der Waals surface area (Å²) in [5, 5.41) is 18.5. The zero-order valence-electron chi connectivity index (χ0n) is 10.3. The lowest BCUT2D eigenvalue weighted by atomic mass is 9.97. The summed E-state index contributed by atoms with van der Waals surface area (Å²) in [5.74, 6) is 0.0903. The Balaban J connectivity index is 2.29. The van der Waals surface area contributed by atoms with Crippen LogP contribution in [0.4, 0.5) is 0 Å². The van der Waals surface area contributed by atoms with Gasteiger partial charge in [-0.05, 0) is 39.1 Å².